The zero-order chi connectivity index (χ0) is 11.9. The minimum Gasteiger partial charge on any atom is -0.298 e. The second-order valence-corrected chi connectivity index (χ2v) is 5.80. The van der Waals surface area contributed by atoms with Crippen LogP contribution in [0.2, 0.25) is 0 Å². The minimum absolute atomic E-state index is 0.0609. The molecule has 0 aliphatic heterocycles. The molecular formula is C9H16N4O2S. The lowest BCUT2D eigenvalue weighted by atomic mass is 10.4. The van der Waals surface area contributed by atoms with Crippen LogP contribution in [0.5, 0.6) is 0 Å². The number of aryl methyl sites for hydroxylation is 1. The van der Waals surface area contributed by atoms with Gasteiger partial charge in [-0.3, -0.25) is 9.58 Å². The molecule has 1 heterocycles. The summed E-state index contributed by atoms with van der Waals surface area (Å²) < 4.78 is 23.8. The smallest absolute Gasteiger partial charge is 0.257 e. The Hall–Kier alpha value is -0.920. The Morgan fingerprint density at radius 2 is 2.25 bits per heavy atom. The van der Waals surface area contributed by atoms with Crippen LogP contribution in [0.4, 0.5) is 0 Å². The SMILES string of the molecule is CN(Cc1cc(S(N)(=O)=O)nn1C)C1CC1. The van der Waals surface area contributed by atoms with Gasteiger partial charge in [-0.25, -0.2) is 13.6 Å². The van der Waals surface area contributed by atoms with Crippen LogP contribution in [0.25, 0.3) is 0 Å². The molecule has 1 saturated carbocycles. The van der Waals surface area contributed by atoms with Crippen molar-refractivity contribution in [3.05, 3.63) is 11.8 Å². The van der Waals surface area contributed by atoms with Gasteiger partial charge in [-0.1, -0.05) is 0 Å². The van der Waals surface area contributed by atoms with Crippen LogP contribution in [0.3, 0.4) is 0 Å². The molecule has 1 fully saturated rings. The fraction of sp³-hybridized carbons (Fsp3) is 0.667. The Morgan fingerprint density at radius 1 is 1.62 bits per heavy atom. The first kappa shape index (κ1) is 11.6. The van der Waals surface area contributed by atoms with Crippen molar-refractivity contribution in [1.82, 2.24) is 14.7 Å². The van der Waals surface area contributed by atoms with Crippen molar-refractivity contribution in [1.29, 1.82) is 0 Å². The van der Waals surface area contributed by atoms with E-state index in [4.69, 9.17) is 5.14 Å². The largest absolute Gasteiger partial charge is 0.298 e. The normalized spacial score (nSPS) is 17.0. The van der Waals surface area contributed by atoms with Gasteiger partial charge < -0.3 is 0 Å². The summed E-state index contributed by atoms with van der Waals surface area (Å²) in [6.07, 6.45) is 2.44. The second kappa shape index (κ2) is 3.83. The van der Waals surface area contributed by atoms with Crippen LogP contribution in [-0.2, 0) is 23.6 Å². The number of hydrogen-bond donors (Lipinski definition) is 1. The summed E-state index contributed by atoms with van der Waals surface area (Å²) in [6, 6.07) is 2.17. The highest BCUT2D eigenvalue weighted by Gasteiger charge is 2.27. The lowest BCUT2D eigenvalue weighted by molar-refractivity contribution is 0.307. The fourth-order valence-corrected chi connectivity index (χ4v) is 2.20. The molecule has 6 nitrogen and oxygen atoms in total. The van der Waals surface area contributed by atoms with Gasteiger partial charge in [-0.2, -0.15) is 5.10 Å². The monoisotopic (exact) mass is 244 g/mol. The van der Waals surface area contributed by atoms with Crippen molar-refractivity contribution in [3.8, 4) is 0 Å². The Morgan fingerprint density at radius 3 is 2.69 bits per heavy atom. The predicted octanol–water partition coefficient (Wildman–Crippen LogP) is -0.338. The molecule has 0 bridgehead atoms. The highest BCUT2D eigenvalue weighted by molar-refractivity contribution is 7.89. The van der Waals surface area contributed by atoms with Gasteiger partial charge in [-0.05, 0) is 19.9 Å². The van der Waals surface area contributed by atoms with Crippen molar-refractivity contribution >= 4 is 10.0 Å². The van der Waals surface area contributed by atoms with E-state index in [-0.39, 0.29) is 5.03 Å². The molecule has 0 saturated heterocycles. The average Bonchev–Trinajstić information content (AvgIpc) is 2.92. The number of nitrogens with zero attached hydrogens (tertiary/aromatic N) is 3. The number of nitrogens with two attached hydrogens (primary N) is 1. The van der Waals surface area contributed by atoms with Crippen LogP contribution in [0, 0.1) is 0 Å². The third kappa shape index (κ3) is 2.42. The molecule has 0 amide bonds. The Kier molecular flexibility index (Phi) is 2.77. The van der Waals surface area contributed by atoms with Crippen molar-refractivity contribution in [2.75, 3.05) is 7.05 Å². The molecule has 2 N–H and O–H groups in total. The average molecular weight is 244 g/mol. The molecule has 1 aliphatic rings. The summed E-state index contributed by atoms with van der Waals surface area (Å²) in [5.41, 5.74) is 0.860. The van der Waals surface area contributed by atoms with Gasteiger partial charge in [-0.15, -0.1) is 0 Å². The predicted molar refractivity (Wildman–Crippen MR) is 59.1 cm³/mol. The van der Waals surface area contributed by atoms with E-state index < -0.39 is 10.0 Å². The Balaban J connectivity index is 2.18. The van der Waals surface area contributed by atoms with Crippen LogP contribution in [0.1, 0.15) is 18.5 Å². The molecule has 0 aromatic carbocycles. The van der Waals surface area contributed by atoms with Crippen LogP contribution >= 0.6 is 0 Å². The molecule has 1 aliphatic carbocycles. The topological polar surface area (TPSA) is 81.2 Å². The van der Waals surface area contributed by atoms with E-state index in [9.17, 15) is 8.42 Å². The van der Waals surface area contributed by atoms with Crippen LogP contribution < -0.4 is 5.14 Å². The van der Waals surface area contributed by atoms with Crippen molar-refractivity contribution in [3.63, 3.8) is 0 Å². The third-order valence-corrected chi connectivity index (χ3v) is 3.61. The lowest BCUT2D eigenvalue weighted by Crippen LogP contribution is -2.21. The first-order chi connectivity index (χ1) is 7.38. The molecule has 0 atom stereocenters. The fourth-order valence-electron chi connectivity index (χ4n) is 1.66. The first-order valence-corrected chi connectivity index (χ1v) is 6.68. The summed E-state index contributed by atoms with van der Waals surface area (Å²) in [6.45, 7) is 0.698. The van der Waals surface area contributed by atoms with Crippen molar-refractivity contribution in [2.45, 2.75) is 30.5 Å². The molecule has 0 spiro atoms. The van der Waals surface area contributed by atoms with E-state index in [2.05, 4.69) is 10.00 Å². The number of aromatic nitrogens is 2. The van der Waals surface area contributed by atoms with Crippen LogP contribution in [-0.4, -0.2) is 36.2 Å². The molecule has 16 heavy (non-hydrogen) atoms. The summed E-state index contributed by atoms with van der Waals surface area (Å²) in [7, 11) is 0.0606. The molecule has 7 heteroatoms. The molecular weight excluding hydrogens is 228 g/mol. The van der Waals surface area contributed by atoms with Gasteiger partial charge in [0.15, 0.2) is 5.03 Å². The van der Waals surface area contributed by atoms with E-state index in [1.807, 2.05) is 7.05 Å². The summed E-state index contributed by atoms with van der Waals surface area (Å²) in [4.78, 5) is 2.20. The molecule has 0 unspecified atom stereocenters. The third-order valence-electron chi connectivity index (χ3n) is 2.83. The number of rotatable bonds is 4. The van der Waals surface area contributed by atoms with Gasteiger partial charge in [0.1, 0.15) is 0 Å². The van der Waals surface area contributed by atoms with E-state index in [0.717, 1.165) is 5.69 Å². The van der Waals surface area contributed by atoms with Gasteiger partial charge >= 0.3 is 0 Å². The summed E-state index contributed by atoms with van der Waals surface area (Å²) in [5, 5.41) is 8.86. The molecule has 2 rings (SSSR count). The molecule has 0 radical (unpaired) electrons. The van der Waals surface area contributed by atoms with Gasteiger partial charge in [0.05, 0.1) is 5.69 Å². The maximum atomic E-state index is 11.1. The summed E-state index contributed by atoms with van der Waals surface area (Å²) >= 11 is 0. The maximum absolute atomic E-state index is 11.1. The van der Waals surface area contributed by atoms with E-state index in [0.29, 0.717) is 12.6 Å². The van der Waals surface area contributed by atoms with E-state index in [1.54, 1.807) is 11.7 Å². The number of hydrogen-bond acceptors (Lipinski definition) is 4. The minimum atomic E-state index is -3.70. The van der Waals surface area contributed by atoms with Gasteiger partial charge in [0.25, 0.3) is 10.0 Å². The lowest BCUT2D eigenvalue weighted by Gasteiger charge is -2.14. The quantitative estimate of drug-likeness (QED) is 0.785. The maximum Gasteiger partial charge on any atom is 0.257 e. The zero-order valence-corrected chi connectivity index (χ0v) is 10.2. The number of primary sulfonamides is 1. The van der Waals surface area contributed by atoms with Crippen molar-refractivity contribution in [2.24, 2.45) is 12.2 Å². The zero-order valence-electron chi connectivity index (χ0n) is 9.42. The molecule has 90 valence electrons. The Bertz CT molecular complexity index is 490. The molecule has 1 aromatic heterocycles. The van der Waals surface area contributed by atoms with Gasteiger partial charge in [0.2, 0.25) is 0 Å². The molecule has 1 aromatic rings. The van der Waals surface area contributed by atoms with Crippen LogP contribution in [0.15, 0.2) is 11.1 Å². The van der Waals surface area contributed by atoms with Crippen molar-refractivity contribution < 1.29 is 8.42 Å². The standard InChI is InChI=1S/C9H16N4O2S/c1-12(7-3-4-7)6-8-5-9(11-13(8)2)16(10,14)15/h5,7H,3-4,6H2,1-2H3,(H2,10,14,15). The summed E-state index contributed by atoms with van der Waals surface area (Å²) in [5.74, 6) is 0. The number of sulfonamides is 1. The Labute approximate surface area is 95.1 Å². The highest BCUT2D eigenvalue weighted by Crippen LogP contribution is 2.26. The van der Waals surface area contributed by atoms with E-state index in [1.165, 1.54) is 18.9 Å². The van der Waals surface area contributed by atoms with Gasteiger partial charge in [0, 0.05) is 25.7 Å². The first-order valence-electron chi connectivity index (χ1n) is 5.14. The van der Waals surface area contributed by atoms with E-state index >= 15 is 0 Å². The highest BCUT2D eigenvalue weighted by atomic mass is 32.2. The second-order valence-electron chi connectivity index (χ2n) is 4.29.